The number of hydrogen-bond acceptors (Lipinski definition) is 4. The van der Waals surface area contributed by atoms with Gasteiger partial charge in [-0.15, -0.1) is 0 Å². The molecular formula is C15H22N2O3. The summed E-state index contributed by atoms with van der Waals surface area (Å²) in [5.74, 6) is -0.382. The van der Waals surface area contributed by atoms with Gasteiger partial charge in [-0.3, -0.25) is 4.79 Å². The molecule has 1 rings (SSSR count). The molecule has 0 bridgehead atoms. The highest BCUT2D eigenvalue weighted by atomic mass is 16.5. The summed E-state index contributed by atoms with van der Waals surface area (Å²) in [7, 11) is 1.34. The van der Waals surface area contributed by atoms with Crippen molar-refractivity contribution in [3.8, 4) is 0 Å². The molecule has 5 heteroatoms. The van der Waals surface area contributed by atoms with Crippen molar-refractivity contribution in [3.63, 3.8) is 0 Å². The maximum absolute atomic E-state index is 11.8. The van der Waals surface area contributed by atoms with E-state index in [0.717, 1.165) is 12.0 Å². The number of rotatable bonds is 6. The van der Waals surface area contributed by atoms with Crippen molar-refractivity contribution in [2.24, 2.45) is 11.7 Å². The van der Waals surface area contributed by atoms with Crippen LogP contribution in [0.3, 0.4) is 0 Å². The van der Waals surface area contributed by atoms with Crippen LogP contribution in [0.2, 0.25) is 0 Å². The lowest BCUT2D eigenvalue weighted by Gasteiger charge is -2.17. The van der Waals surface area contributed by atoms with E-state index in [1.807, 2.05) is 13.8 Å². The lowest BCUT2D eigenvalue weighted by molar-refractivity contribution is -0.123. The van der Waals surface area contributed by atoms with Crippen molar-refractivity contribution in [1.29, 1.82) is 0 Å². The largest absolute Gasteiger partial charge is 0.465 e. The standard InChI is InChI=1S/C15H22N2O3/c1-4-10(2)13(16)14(18)17-9-11-5-7-12(8-6-11)15(19)20-3/h5-8,10,13H,4,9,16H2,1-3H3,(H,17,18). The molecule has 0 saturated heterocycles. The molecule has 0 aliphatic heterocycles. The molecule has 2 unspecified atom stereocenters. The Morgan fingerprint density at radius 3 is 2.40 bits per heavy atom. The van der Waals surface area contributed by atoms with Crippen molar-refractivity contribution in [1.82, 2.24) is 5.32 Å². The average Bonchev–Trinajstić information content (AvgIpc) is 2.50. The van der Waals surface area contributed by atoms with Crippen LogP contribution in [0.4, 0.5) is 0 Å². The molecule has 1 aromatic rings. The average molecular weight is 278 g/mol. The molecule has 5 nitrogen and oxygen atoms in total. The van der Waals surface area contributed by atoms with Gasteiger partial charge in [0.2, 0.25) is 5.91 Å². The molecule has 0 fully saturated rings. The Labute approximate surface area is 119 Å². The molecular weight excluding hydrogens is 256 g/mol. The predicted octanol–water partition coefficient (Wildman–Crippen LogP) is 1.46. The Morgan fingerprint density at radius 2 is 1.90 bits per heavy atom. The third kappa shape index (κ3) is 4.35. The van der Waals surface area contributed by atoms with Crippen LogP contribution in [0.15, 0.2) is 24.3 Å². The van der Waals surface area contributed by atoms with Gasteiger partial charge in [0.05, 0.1) is 18.7 Å². The number of carbonyl (C=O) groups excluding carboxylic acids is 2. The van der Waals surface area contributed by atoms with Crippen LogP contribution in [0.25, 0.3) is 0 Å². The van der Waals surface area contributed by atoms with Crippen LogP contribution in [0, 0.1) is 5.92 Å². The fraction of sp³-hybridized carbons (Fsp3) is 0.467. The van der Waals surface area contributed by atoms with Crippen LogP contribution in [0.5, 0.6) is 0 Å². The summed E-state index contributed by atoms with van der Waals surface area (Å²) in [5.41, 5.74) is 7.23. The van der Waals surface area contributed by atoms with E-state index in [1.165, 1.54) is 7.11 Å². The summed E-state index contributed by atoms with van der Waals surface area (Å²) in [6.45, 7) is 4.35. The molecule has 20 heavy (non-hydrogen) atoms. The molecule has 0 aromatic heterocycles. The van der Waals surface area contributed by atoms with E-state index in [2.05, 4.69) is 10.1 Å². The topological polar surface area (TPSA) is 81.4 Å². The first-order chi connectivity index (χ1) is 9.49. The number of nitrogens with two attached hydrogens (primary N) is 1. The normalized spacial score (nSPS) is 13.4. The van der Waals surface area contributed by atoms with Crippen LogP contribution < -0.4 is 11.1 Å². The van der Waals surface area contributed by atoms with E-state index in [4.69, 9.17) is 5.73 Å². The van der Waals surface area contributed by atoms with Crippen molar-refractivity contribution < 1.29 is 14.3 Å². The highest BCUT2D eigenvalue weighted by molar-refractivity contribution is 5.89. The second-order valence-corrected chi connectivity index (χ2v) is 4.82. The maximum Gasteiger partial charge on any atom is 0.337 e. The first-order valence-corrected chi connectivity index (χ1v) is 6.70. The molecule has 0 radical (unpaired) electrons. The van der Waals surface area contributed by atoms with Crippen LogP contribution >= 0.6 is 0 Å². The predicted molar refractivity (Wildman–Crippen MR) is 77.1 cm³/mol. The molecule has 0 aliphatic rings. The van der Waals surface area contributed by atoms with Crippen molar-refractivity contribution in [2.45, 2.75) is 32.9 Å². The minimum Gasteiger partial charge on any atom is -0.465 e. The van der Waals surface area contributed by atoms with Gasteiger partial charge in [-0.1, -0.05) is 32.4 Å². The Hall–Kier alpha value is -1.88. The van der Waals surface area contributed by atoms with E-state index < -0.39 is 6.04 Å². The van der Waals surface area contributed by atoms with Gasteiger partial charge >= 0.3 is 5.97 Å². The van der Waals surface area contributed by atoms with Crippen molar-refractivity contribution >= 4 is 11.9 Å². The molecule has 0 saturated carbocycles. The number of nitrogens with one attached hydrogen (secondary N) is 1. The van der Waals surface area contributed by atoms with Gasteiger partial charge in [-0.05, 0) is 23.6 Å². The third-order valence-corrected chi connectivity index (χ3v) is 3.40. The SMILES string of the molecule is CCC(C)C(N)C(=O)NCc1ccc(C(=O)OC)cc1. The van der Waals surface area contributed by atoms with Gasteiger partial charge in [-0.25, -0.2) is 4.79 Å². The Kier molecular flexibility index (Phi) is 6.18. The van der Waals surface area contributed by atoms with Gasteiger partial charge < -0.3 is 15.8 Å². The molecule has 2 atom stereocenters. The number of methoxy groups -OCH3 is 1. The fourth-order valence-corrected chi connectivity index (χ4v) is 1.70. The van der Waals surface area contributed by atoms with Gasteiger partial charge in [0, 0.05) is 6.54 Å². The van der Waals surface area contributed by atoms with Gasteiger partial charge in [0.1, 0.15) is 0 Å². The molecule has 3 N–H and O–H groups in total. The zero-order valence-corrected chi connectivity index (χ0v) is 12.2. The number of hydrogen-bond donors (Lipinski definition) is 2. The quantitative estimate of drug-likeness (QED) is 0.772. The lowest BCUT2D eigenvalue weighted by Crippen LogP contribution is -2.44. The minimum atomic E-state index is -0.491. The number of esters is 1. The van der Waals surface area contributed by atoms with Gasteiger partial charge in [0.15, 0.2) is 0 Å². The fourth-order valence-electron chi connectivity index (χ4n) is 1.70. The number of carbonyl (C=O) groups is 2. The summed E-state index contributed by atoms with van der Waals surface area (Å²) in [4.78, 5) is 23.1. The van der Waals surface area contributed by atoms with Crippen LogP contribution in [-0.2, 0) is 16.1 Å². The highest BCUT2D eigenvalue weighted by Crippen LogP contribution is 2.07. The molecule has 110 valence electrons. The van der Waals surface area contributed by atoms with Crippen LogP contribution in [-0.4, -0.2) is 25.0 Å². The monoisotopic (exact) mass is 278 g/mol. The number of benzene rings is 1. The van der Waals surface area contributed by atoms with E-state index in [-0.39, 0.29) is 17.8 Å². The second kappa shape index (κ2) is 7.65. The van der Waals surface area contributed by atoms with E-state index in [0.29, 0.717) is 12.1 Å². The molecule has 1 aromatic carbocycles. The Balaban J connectivity index is 2.54. The smallest absolute Gasteiger partial charge is 0.337 e. The highest BCUT2D eigenvalue weighted by Gasteiger charge is 2.18. The molecule has 0 aliphatic carbocycles. The zero-order chi connectivity index (χ0) is 15.1. The van der Waals surface area contributed by atoms with Gasteiger partial charge in [-0.2, -0.15) is 0 Å². The van der Waals surface area contributed by atoms with Gasteiger partial charge in [0.25, 0.3) is 0 Å². The Morgan fingerprint density at radius 1 is 1.30 bits per heavy atom. The Bertz CT molecular complexity index is 457. The van der Waals surface area contributed by atoms with E-state index in [9.17, 15) is 9.59 Å². The second-order valence-electron chi connectivity index (χ2n) is 4.82. The first-order valence-electron chi connectivity index (χ1n) is 6.70. The molecule has 1 amide bonds. The van der Waals surface area contributed by atoms with E-state index >= 15 is 0 Å². The lowest BCUT2D eigenvalue weighted by atomic mass is 9.99. The summed E-state index contributed by atoms with van der Waals surface area (Å²) in [5, 5.41) is 2.80. The number of ether oxygens (including phenoxy) is 1. The number of amides is 1. The van der Waals surface area contributed by atoms with Crippen molar-refractivity contribution in [2.75, 3.05) is 7.11 Å². The summed E-state index contributed by atoms with van der Waals surface area (Å²) in [6.07, 6.45) is 0.864. The minimum absolute atomic E-state index is 0.150. The third-order valence-electron chi connectivity index (χ3n) is 3.40. The zero-order valence-electron chi connectivity index (χ0n) is 12.2. The molecule has 0 heterocycles. The first kappa shape index (κ1) is 16.2. The van der Waals surface area contributed by atoms with Crippen LogP contribution in [0.1, 0.15) is 36.2 Å². The summed E-state index contributed by atoms with van der Waals surface area (Å²) < 4.78 is 4.62. The maximum atomic E-state index is 11.8. The summed E-state index contributed by atoms with van der Waals surface area (Å²) in [6, 6.07) is 6.40. The summed E-state index contributed by atoms with van der Waals surface area (Å²) >= 11 is 0. The van der Waals surface area contributed by atoms with Crippen molar-refractivity contribution in [3.05, 3.63) is 35.4 Å². The van der Waals surface area contributed by atoms with E-state index in [1.54, 1.807) is 24.3 Å². The molecule has 0 spiro atoms.